The summed E-state index contributed by atoms with van der Waals surface area (Å²) in [7, 11) is 0. The van der Waals surface area contributed by atoms with Gasteiger partial charge < -0.3 is 9.80 Å². The van der Waals surface area contributed by atoms with Crippen molar-refractivity contribution in [3.05, 3.63) is 96.2 Å². The second-order valence-corrected chi connectivity index (χ2v) is 8.43. The Morgan fingerprint density at radius 2 is 1.57 bits per heavy atom. The van der Waals surface area contributed by atoms with Crippen molar-refractivity contribution in [2.24, 2.45) is 0 Å². The zero-order valence-corrected chi connectivity index (χ0v) is 19.3. The summed E-state index contributed by atoms with van der Waals surface area (Å²) in [5.74, 6) is -0.450. The Balaban J connectivity index is 1.36. The minimum absolute atomic E-state index is 0.0395. The van der Waals surface area contributed by atoms with Crippen molar-refractivity contribution >= 4 is 17.4 Å². The Morgan fingerprint density at radius 3 is 2.20 bits per heavy atom. The summed E-state index contributed by atoms with van der Waals surface area (Å²) in [6, 6.07) is 19.0. The maximum atomic E-state index is 13.5. The zero-order valence-electron chi connectivity index (χ0n) is 19.3. The highest BCUT2D eigenvalue weighted by molar-refractivity contribution is 5.95. The molecule has 7 nitrogen and oxygen atoms in total. The lowest BCUT2D eigenvalue weighted by Gasteiger charge is -2.35. The fraction of sp³-hybridized carbons (Fsp3) is 0.185. The third-order valence-electron chi connectivity index (χ3n) is 6.16. The van der Waals surface area contributed by atoms with Gasteiger partial charge in [0.25, 0.3) is 5.91 Å². The first-order valence-electron chi connectivity index (χ1n) is 11.4. The van der Waals surface area contributed by atoms with Crippen molar-refractivity contribution in [1.82, 2.24) is 19.7 Å². The summed E-state index contributed by atoms with van der Waals surface area (Å²) in [6.07, 6.45) is 3.39. The highest BCUT2D eigenvalue weighted by atomic mass is 19.1. The molecule has 0 radical (unpaired) electrons. The van der Waals surface area contributed by atoms with Gasteiger partial charge in [-0.1, -0.05) is 0 Å². The van der Waals surface area contributed by atoms with Crippen molar-refractivity contribution in [3.8, 4) is 16.9 Å². The number of amides is 1. The van der Waals surface area contributed by atoms with Gasteiger partial charge in [-0.3, -0.25) is 14.6 Å². The number of benzene rings is 2. The van der Waals surface area contributed by atoms with Crippen LogP contribution >= 0.6 is 0 Å². The molecule has 0 spiro atoms. The van der Waals surface area contributed by atoms with E-state index in [1.165, 1.54) is 12.1 Å². The van der Waals surface area contributed by atoms with Gasteiger partial charge in [-0.15, -0.1) is 0 Å². The molecule has 176 valence electrons. The van der Waals surface area contributed by atoms with E-state index in [-0.39, 0.29) is 17.5 Å². The molecule has 8 heteroatoms. The van der Waals surface area contributed by atoms with E-state index in [2.05, 4.69) is 15.0 Å². The number of halogens is 1. The Kier molecular flexibility index (Phi) is 6.10. The van der Waals surface area contributed by atoms with Gasteiger partial charge in [-0.05, 0) is 73.7 Å². The molecule has 1 saturated heterocycles. The summed E-state index contributed by atoms with van der Waals surface area (Å²) < 4.78 is 15.1. The van der Waals surface area contributed by atoms with Crippen LogP contribution in [0.2, 0.25) is 0 Å². The van der Waals surface area contributed by atoms with E-state index in [1.54, 1.807) is 47.1 Å². The lowest BCUT2D eigenvalue weighted by Crippen LogP contribution is -2.48. The van der Waals surface area contributed by atoms with Crippen molar-refractivity contribution < 1.29 is 14.0 Å². The monoisotopic (exact) mass is 469 g/mol. The molecule has 0 atom stereocenters. The van der Waals surface area contributed by atoms with E-state index in [0.29, 0.717) is 48.8 Å². The van der Waals surface area contributed by atoms with Crippen molar-refractivity contribution in [2.75, 3.05) is 31.1 Å². The number of hydrogen-bond donors (Lipinski definition) is 0. The smallest absolute Gasteiger partial charge is 0.274 e. The first kappa shape index (κ1) is 22.5. The van der Waals surface area contributed by atoms with E-state index in [4.69, 9.17) is 0 Å². The van der Waals surface area contributed by atoms with E-state index in [1.807, 2.05) is 36.4 Å². The molecule has 3 heterocycles. The fourth-order valence-electron chi connectivity index (χ4n) is 4.22. The second kappa shape index (κ2) is 9.50. The summed E-state index contributed by atoms with van der Waals surface area (Å²) in [5, 5.41) is 4.59. The van der Waals surface area contributed by atoms with Gasteiger partial charge in [0.2, 0.25) is 0 Å². The number of pyridine rings is 1. The number of carbonyl (C=O) groups is 2. The molecule has 1 aliphatic rings. The molecular formula is C27H24FN5O2. The maximum Gasteiger partial charge on any atom is 0.274 e. The summed E-state index contributed by atoms with van der Waals surface area (Å²) >= 11 is 0. The van der Waals surface area contributed by atoms with Crippen molar-refractivity contribution in [3.63, 3.8) is 0 Å². The number of rotatable bonds is 5. The molecular weight excluding hydrogens is 445 g/mol. The first-order valence-corrected chi connectivity index (χ1v) is 11.4. The average Bonchev–Trinajstić information content (AvgIpc) is 3.35. The highest BCUT2D eigenvalue weighted by Crippen LogP contribution is 2.25. The molecule has 1 amide bonds. The number of anilines is 1. The van der Waals surface area contributed by atoms with Gasteiger partial charge >= 0.3 is 0 Å². The molecule has 0 saturated carbocycles. The molecule has 0 bridgehead atoms. The van der Waals surface area contributed by atoms with Gasteiger partial charge in [0.05, 0.1) is 11.4 Å². The molecule has 35 heavy (non-hydrogen) atoms. The number of ketones is 1. The summed E-state index contributed by atoms with van der Waals surface area (Å²) in [4.78, 5) is 33.1. The maximum absolute atomic E-state index is 13.5. The summed E-state index contributed by atoms with van der Waals surface area (Å²) in [6.45, 7) is 4.02. The van der Waals surface area contributed by atoms with Gasteiger partial charge in [0.1, 0.15) is 5.82 Å². The Labute approximate surface area is 202 Å². The van der Waals surface area contributed by atoms with Crippen LogP contribution in [-0.2, 0) is 0 Å². The van der Waals surface area contributed by atoms with Crippen LogP contribution in [0.1, 0.15) is 27.8 Å². The number of carbonyl (C=O) groups excluding carboxylic acids is 2. The molecule has 2 aromatic heterocycles. The van der Waals surface area contributed by atoms with Gasteiger partial charge in [0, 0.05) is 55.4 Å². The van der Waals surface area contributed by atoms with E-state index in [0.717, 1.165) is 11.3 Å². The summed E-state index contributed by atoms with van der Waals surface area (Å²) in [5.41, 5.74) is 4.21. The third kappa shape index (κ3) is 4.68. The molecule has 0 aliphatic carbocycles. The number of aromatic nitrogens is 3. The molecule has 1 fully saturated rings. The standard InChI is InChI=1S/C27H24FN5O2/c1-19(34)20-4-8-23(9-5-20)31-13-15-32(16-14-31)27(35)25-17-26(21-3-2-12-29-18-21)33(30-25)24-10-6-22(28)7-11-24/h2-12,17-18H,13-16H2,1H3. The van der Waals surface area contributed by atoms with Crippen molar-refractivity contribution in [1.29, 1.82) is 0 Å². The Morgan fingerprint density at radius 1 is 0.886 bits per heavy atom. The van der Waals surface area contributed by atoms with Gasteiger partial charge in [-0.2, -0.15) is 5.10 Å². The second-order valence-electron chi connectivity index (χ2n) is 8.43. The van der Waals surface area contributed by atoms with Crippen LogP contribution in [0.5, 0.6) is 0 Å². The Hall–Kier alpha value is -4.33. The lowest BCUT2D eigenvalue weighted by atomic mass is 10.1. The zero-order chi connectivity index (χ0) is 24.4. The molecule has 0 N–H and O–H groups in total. The predicted octanol–water partition coefficient (Wildman–Crippen LogP) is 4.24. The first-order chi connectivity index (χ1) is 17.0. The Bertz CT molecular complexity index is 1340. The number of hydrogen-bond acceptors (Lipinski definition) is 5. The SMILES string of the molecule is CC(=O)c1ccc(N2CCN(C(=O)c3cc(-c4cccnc4)n(-c4ccc(F)cc4)n3)CC2)cc1. The van der Waals surface area contributed by atoms with Crippen LogP contribution < -0.4 is 4.90 Å². The number of piperazine rings is 1. The topological polar surface area (TPSA) is 71.3 Å². The minimum atomic E-state index is -0.339. The quantitative estimate of drug-likeness (QED) is 0.409. The van der Waals surface area contributed by atoms with Gasteiger partial charge in [0.15, 0.2) is 11.5 Å². The van der Waals surface area contributed by atoms with E-state index < -0.39 is 0 Å². The predicted molar refractivity (Wildman–Crippen MR) is 131 cm³/mol. The molecule has 5 rings (SSSR count). The molecule has 1 aliphatic heterocycles. The third-order valence-corrected chi connectivity index (χ3v) is 6.16. The molecule has 2 aromatic carbocycles. The van der Waals surface area contributed by atoms with Crippen LogP contribution in [-0.4, -0.2) is 57.5 Å². The largest absolute Gasteiger partial charge is 0.368 e. The van der Waals surface area contributed by atoms with Crippen molar-refractivity contribution in [2.45, 2.75) is 6.92 Å². The average molecular weight is 470 g/mol. The fourth-order valence-corrected chi connectivity index (χ4v) is 4.22. The van der Waals surface area contributed by atoms with Crippen LogP contribution in [0.4, 0.5) is 10.1 Å². The molecule has 0 unspecified atom stereocenters. The van der Waals surface area contributed by atoms with Crippen LogP contribution in [0.25, 0.3) is 16.9 Å². The van der Waals surface area contributed by atoms with E-state index in [9.17, 15) is 14.0 Å². The van der Waals surface area contributed by atoms with Crippen LogP contribution in [0, 0.1) is 5.82 Å². The number of nitrogens with zero attached hydrogens (tertiary/aromatic N) is 5. The molecule has 4 aromatic rings. The van der Waals surface area contributed by atoms with E-state index >= 15 is 0 Å². The van der Waals surface area contributed by atoms with Crippen LogP contribution in [0.3, 0.4) is 0 Å². The van der Waals surface area contributed by atoms with Crippen LogP contribution in [0.15, 0.2) is 79.1 Å². The minimum Gasteiger partial charge on any atom is -0.368 e. The normalized spacial score (nSPS) is 13.7. The number of Topliss-reactive ketones (excluding diaryl/α,β-unsaturated/α-hetero) is 1. The lowest BCUT2D eigenvalue weighted by molar-refractivity contribution is 0.0740. The van der Waals surface area contributed by atoms with Gasteiger partial charge in [-0.25, -0.2) is 9.07 Å². The highest BCUT2D eigenvalue weighted by Gasteiger charge is 2.26.